The standard InChI is InChI=1S/C73H129F4N3O33/c74-65-61-66(75)71(77)72(70(65)76)113-69(85)5-14-87-18-22-91-26-30-95-34-38-99-42-46-103-50-54-107-58-60-109-56-52-105-48-44-101-40-36-97-32-28-93-24-20-89-16-7-79-67(83)3-13-112-64-73(62-110-10-1-8-81,63-111-11-2-9-82)80-68(84)4-12-86-17-21-90-25-29-94-33-37-98-41-45-102-49-53-106-57-59-108-55-51-104-47-43-100-39-35-96-31-27-92-23-19-88-15-6-78/h8-9,61H,1-7,10-60,62-64,78H2,(H,79,83)(H,80,84). The molecule has 0 saturated carbocycles. The number of benzene rings is 1. The number of carbonyl (C=O) groups excluding carboxylic acids is 5. The summed E-state index contributed by atoms with van der Waals surface area (Å²) in [5.74, 6) is -10.2. The molecule has 1 aromatic carbocycles. The predicted molar refractivity (Wildman–Crippen MR) is 392 cm³/mol. The Bertz CT molecular complexity index is 2260. The van der Waals surface area contributed by atoms with E-state index in [-0.39, 0.29) is 143 Å². The van der Waals surface area contributed by atoms with Gasteiger partial charge in [0.2, 0.25) is 29.2 Å². The molecule has 0 unspecified atom stereocenters. The molecule has 4 N–H and O–H groups in total. The van der Waals surface area contributed by atoms with E-state index < -0.39 is 46.9 Å². The van der Waals surface area contributed by atoms with E-state index in [0.29, 0.717) is 283 Å². The Hall–Kier alpha value is -4.43. The maximum atomic E-state index is 13.6. The fraction of sp³-hybridized carbons (Fsp3) is 0.849. The van der Waals surface area contributed by atoms with E-state index in [1.165, 1.54) is 0 Å². The molecule has 0 radical (unpaired) electrons. The van der Waals surface area contributed by atoms with E-state index in [2.05, 4.69) is 15.4 Å². The van der Waals surface area contributed by atoms with E-state index in [0.717, 1.165) is 0 Å². The van der Waals surface area contributed by atoms with Crippen LogP contribution in [0.25, 0.3) is 0 Å². The van der Waals surface area contributed by atoms with Crippen LogP contribution in [-0.4, -0.2) is 406 Å². The van der Waals surface area contributed by atoms with Crippen LogP contribution in [0.15, 0.2) is 6.07 Å². The summed E-state index contributed by atoms with van der Waals surface area (Å²) in [5.41, 5.74) is 4.14. The fourth-order valence-electron chi connectivity index (χ4n) is 8.42. The molecule has 36 nitrogen and oxygen atoms in total. The van der Waals surface area contributed by atoms with Gasteiger partial charge in [0.05, 0.1) is 363 Å². The van der Waals surface area contributed by atoms with E-state index in [4.69, 9.17) is 134 Å². The van der Waals surface area contributed by atoms with Crippen LogP contribution in [0.3, 0.4) is 0 Å². The largest absolute Gasteiger partial charge is 0.420 e. The van der Waals surface area contributed by atoms with Crippen molar-refractivity contribution in [1.29, 1.82) is 0 Å². The van der Waals surface area contributed by atoms with Gasteiger partial charge in [-0.3, -0.25) is 14.4 Å². The Morgan fingerprint density at radius 2 is 0.513 bits per heavy atom. The molecule has 0 heterocycles. The molecule has 0 atom stereocenters. The first-order valence-corrected chi connectivity index (χ1v) is 38.4. The van der Waals surface area contributed by atoms with Crippen LogP contribution in [-0.2, 0) is 152 Å². The van der Waals surface area contributed by atoms with Crippen LogP contribution in [0.5, 0.6) is 5.75 Å². The molecule has 2 amide bonds. The Morgan fingerprint density at radius 3 is 0.779 bits per heavy atom. The van der Waals surface area contributed by atoms with Gasteiger partial charge in [-0.05, 0) is 0 Å². The van der Waals surface area contributed by atoms with Crippen LogP contribution >= 0.6 is 0 Å². The van der Waals surface area contributed by atoms with Gasteiger partial charge in [0.15, 0.2) is 11.6 Å². The third-order valence-electron chi connectivity index (χ3n) is 14.0. The molecule has 113 heavy (non-hydrogen) atoms. The SMILES string of the molecule is NCCOCCOCCOCCOCCOCCOCCOCCOCCOCCOCCOCCOCCC(=O)NC(COCCC=O)(COCCC=O)COCCC(=O)NCCOCCOCCOCCOCCOCCOCCOCCOCCOCCOCCOCCOCCC(=O)Oc1c(F)c(F)cc(F)c1F. The van der Waals surface area contributed by atoms with E-state index in [9.17, 15) is 41.5 Å². The number of nitrogens with one attached hydrogen (secondary N) is 2. The number of aldehydes is 2. The predicted octanol–water partition coefficient (Wildman–Crippen LogP) is 0.875. The minimum atomic E-state index is -1.81. The quantitative estimate of drug-likeness (QED) is 0.0203. The maximum Gasteiger partial charge on any atom is 0.313 e. The average molecular weight is 1650 g/mol. The second-order valence-electron chi connectivity index (χ2n) is 23.3. The van der Waals surface area contributed by atoms with Crippen molar-refractivity contribution in [2.24, 2.45) is 5.73 Å². The summed E-state index contributed by atoms with van der Waals surface area (Å²) in [7, 11) is 0. The fourth-order valence-corrected chi connectivity index (χ4v) is 8.42. The lowest BCUT2D eigenvalue weighted by molar-refractivity contribution is -0.136. The molecule has 0 aliphatic heterocycles. The number of rotatable bonds is 94. The molecule has 0 saturated heterocycles. The highest BCUT2D eigenvalue weighted by Gasteiger charge is 2.34. The minimum absolute atomic E-state index is 0.00834. The number of esters is 1. The zero-order valence-corrected chi connectivity index (χ0v) is 65.9. The van der Waals surface area contributed by atoms with Gasteiger partial charge in [0.1, 0.15) is 18.1 Å². The number of carbonyl (C=O) groups is 5. The third kappa shape index (κ3) is 73.7. The Balaban J connectivity index is 1.94. The van der Waals surface area contributed by atoms with Crippen molar-refractivity contribution in [1.82, 2.24) is 10.6 Å². The van der Waals surface area contributed by atoms with Crippen molar-refractivity contribution in [3.8, 4) is 5.75 Å². The third-order valence-corrected chi connectivity index (χ3v) is 14.0. The lowest BCUT2D eigenvalue weighted by Crippen LogP contribution is -2.58. The summed E-state index contributed by atoms with van der Waals surface area (Å²) in [6, 6.07) is 0.0104. The van der Waals surface area contributed by atoms with Crippen molar-refractivity contribution >= 4 is 30.4 Å². The van der Waals surface area contributed by atoms with Crippen molar-refractivity contribution in [2.75, 3.05) is 370 Å². The summed E-state index contributed by atoms with van der Waals surface area (Å²) in [6.45, 7) is 18.8. The van der Waals surface area contributed by atoms with Gasteiger partial charge in [0, 0.05) is 44.8 Å². The number of hydrogen-bond donors (Lipinski definition) is 3. The molecule has 0 aromatic heterocycles. The Morgan fingerprint density at radius 1 is 0.292 bits per heavy atom. The van der Waals surface area contributed by atoms with Crippen LogP contribution < -0.4 is 21.1 Å². The average Bonchev–Trinajstić information content (AvgIpc) is 0.826. The van der Waals surface area contributed by atoms with E-state index >= 15 is 0 Å². The molecular formula is C73H129F4N3O33. The maximum absolute atomic E-state index is 13.6. The molecular weight excluding hydrogens is 1520 g/mol. The summed E-state index contributed by atoms with van der Waals surface area (Å²) in [4.78, 5) is 59.6. The summed E-state index contributed by atoms with van der Waals surface area (Å²) in [6.07, 6.45) is 1.28. The Labute approximate surface area is 661 Å². The molecule has 662 valence electrons. The number of hydrogen-bond acceptors (Lipinski definition) is 34. The molecule has 0 spiro atoms. The first kappa shape index (κ1) is 107. The van der Waals surface area contributed by atoms with Crippen LogP contribution in [0.2, 0.25) is 0 Å². The molecule has 1 rings (SSSR count). The minimum Gasteiger partial charge on any atom is -0.420 e. The van der Waals surface area contributed by atoms with Crippen molar-refractivity contribution in [3.63, 3.8) is 0 Å². The van der Waals surface area contributed by atoms with Gasteiger partial charge < -0.3 is 159 Å². The molecule has 1 aromatic rings. The molecule has 0 aliphatic carbocycles. The van der Waals surface area contributed by atoms with Gasteiger partial charge in [-0.1, -0.05) is 0 Å². The second kappa shape index (κ2) is 85.5. The first-order valence-electron chi connectivity index (χ1n) is 38.4. The lowest BCUT2D eigenvalue weighted by Gasteiger charge is -2.34. The summed E-state index contributed by atoms with van der Waals surface area (Å²) in [5, 5.41) is 5.71. The van der Waals surface area contributed by atoms with Gasteiger partial charge in [0.25, 0.3) is 0 Å². The molecule has 0 bridgehead atoms. The van der Waals surface area contributed by atoms with Gasteiger partial charge in [-0.2, -0.15) is 8.78 Å². The van der Waals surface area contributed by atoms with Crippen molar-refractivity contribution in [2.45, 2.75) is 37.6 Å². The Kier molecular flexibility index (Phi) is 80.6. The van der Waals surface area contributed by atoms with E-state index in [1.54, 1.807) is 0 Å². The monoisotopic (exact) mass is 1650 g/mol. The smallest absolute Gasteiger partial charge is 0.313 e. The van der Waals surface area contributed by atoms with E-state index in [1.807, 2.05) is 0 Å². The number of nitrogens with two attached hydrogens (primary N) is 1. The van der Waals surface area contributed by atoms with Gasteiger partial charge in [-0.15, -0.1) is 0 Å². The summed E-state index contributed by atoms with van der Waals surface area (Å²) < 4.78 is 207. The molecule has 40 heteroatoms. The van der Waals surface area contributed by atoms with Crippen LogP contribution in [0.4, 0.5) is 17.6 Å². The van der Waals surface area contributed by atoms with Crippen molar-refractivity contribution < 1.29 is 174 Å². The zero-order valence-electron chi connectivity index (χ0n) is 65.9. The molecule has 0 aliphatic rings. The number of amides is 2. The molecule has 0 fully saturated rings. The highest BCUT2D eigenvalue weighted by atomic mass is 19.2. The van der Waals surface area contributed by atoms with Gasteiger partial charge >= 0.3 is 5.97 Å². The number of halogens is 4. The zero-order chi connectivity index (χ0) is 81.6. The highest BCUT2D eigenvalue weighted by Crippen LogP contribution is 2.27. The normalized spacial score (nSPS) is 11.7. The highest BCUT2D eigenvalue weighted by molar-refractivity contribution is 5.77. The summed E-state index contributed by atoms with van der Waals surface area (Å²) >= 11 is 0. The second-order valence-corrected chi connectivity index (χ2v) is 23.3. The first-order chi connectivity index (χ1) is 55.6. The van der Waals surface area contributed by atoms with Gasteiger partial charge in [-0.25, -0.2) is 8.78 Å². The van der Waals surface area contributed by atoms with Crippen molar-refractivity contribution in [3.05, 3.63) is 29.3 Å². The lowest BCUT2D eigenvalue weighted by atomic mass is 10.0. The number of ether oxygens (including phenoxy) is 28. The topological polar surface area (TPSA) is 394 Å². The van der Waals surface area contributed by atoms with Crippen LogP contribution in [0, 0.1) is 23.3 Å². The van der Waals surface area contributed by atoms with Crippen LogP contribution in [0.1, 0.15) is 32.1 Å².